The summed E-state index contributed by atoms with van der Waals surface area (Å²) in [4.78, 5) is 11.1. The topological polar surface area (TPSA) is 61.4 Å². The van der Waals surface area contributed by atoms with E-state index in [0.29, 0.717) is 13.1 Å². The third-order valence-corrected chi connectivity index (χ3v) is 2.00. The van der Waals surface area contributed by atoms with Gasteiger partial charge in [-0.05, 0) is 18.1 Å². The van der Waals surface area contributed by atoms with Crippen molar-refractivity contribution in [3.05, 3.63) is 35.4 Å². The van der Waals surface area contributed by atoms with Gasteiger partial charge in [0.25, 0.3) is 0 Å². The van der Waals surface area contributed by atoms with Gasteiger partial charge in [0.05, 0.1) is 6.61 Å². The molecule has 0 radical (unpaired) electrons. The van der Waals surface area contributed by atoms with Crippen molar-refractivity contribution in [2.45, 2.75) is 20.1 Å². The lowest BCUT2D eigenvalue weighted by Crippen LogP contribution is -2.34. The number of urea groups is 1. The van der Waals surface area contributed by atoms with Crippen LogP contribution in [-0.2, 0) is 13.2 Å². The number of carbonyl (C=O) groups excluding carboxylic acids is 1. The first kappa shape index (κ1) is 11.5. The minimum absolute atomic E-state index is 0.0457. The monoisotopic (exact) mass is 208 g/mol. The van der Waals surface area contributed by atoms with Gasteiger partial charge in [-0.1, -0.05) is 24.3 Å². The van der Waals surface area contributed by atoms with Crippen molar-refractivity contribution in [1.82, 2.24) is 10.6 Å². The molecule has 0 unspecified atom stereocenters. The van der Waals surface area contributed by atoms with Crippen molar-refractivity contribution in [1.29, 1.82) is 0 Å². The Hall–Kier alpha value is -1.55. The molecule has 0 atom stereocenters. The van der Waals surface area contributed by atoms with E-state index in [1.165, 1.54) is 0 Å². The van der Waals surface area contributed by atoms with E-state index in [2.05, 4.69) is 10.6 Å². The van der Waals surface area contributed by atoms with Crippen LogP contribution in [-0.4, -0.2) is 17.7 Å². The lowest BCUT2D eigenvalue weighted by molar-refractivity contribution is 0.241. The van der Waals surface area contributed by atoms with E-state index in [0.717, 1.165) is 11.1 Å². The number of carbonyl (C=O) groups is 1. The molecule has 3 N–H and O–H groups in total. The summed E-state index contributed by atoms with van der Waals surface area (Å²) in [5, 5.41) is 14.2. The second kappa shape index (κ2) is 6.03. The summed E-state index contributed by atoms with van der Waals surface area (Å²) < 4.78 is 0. The summed E-state index contributed by atoms with van der Waals surface area (Å²) in [6.45, 7) is 3.03. The van der Waals surface area contributed by atoms with Crippen LogP contribution >= 0.6 is 0 Å². The predicted molar refractivity (Wildman–Crippen MR) is 58.3 cm³/mol. The van der Waals surface area contributed by atoms with Gasteiger partial charge in [-0.25, -0.2) is 4.79 Å². The molecule has 0 aromatic heterocycles. The van der Waals surface area contributed by atoms with Crippen LogP contribution in [0, 0.1) is 0 Å². The van der Waals surface area contributed by atoms with E-state index in [4.69, 9.17) is 5.11 Å². The fourth-order valence-corrected chi connectivity index (χ4v) is 1.17. The molecule has 0 bridgehead atoms. The molecule has 0 saturated carbocycles. The average Bonchev–Trinajstić information content (AvgIpc) is 2.27. The zero-order valence-electron chi connectivity index (χ0n) is 8.79. The summed E-state index contributed by atoms with van der Waals surface area (Å²) in [6.07, 6.45) is 0. The molecule has 0 aliphatic carbocycles. The van der Waals surface area contributed by atoms with Crippen molar-refractivity contribution in [2.24, 2.45) is 0 Å². The number of rotatable bonds is 4. The first-order valence-corrected chi connectivity index (χ1v) is 4.96. The average molecular weight is 208 g/mol. The molecule has 0 heterocycles. The molecular weight excluding hydrogens is 192 g/mol. The molecule has 15 heavy (non-hydrogen) atoms. The van der Waals surface area contributed by atoms with Gasteiger partial charge >= 0.3 is 6.03 Å². The number of nitrogens with one attached hydrogen (secondary N) is 2. The predicted octanol–water partition coefficient (Wildman–Crippen LogP) is 0.998. The number of hydrogen-bond acceptors (Lipinski definition) is 2. The number of aliphatic hydroxyl groups is 1. The maximum Gasteiger partial charge on any atom is 0.315 e. The number of hydrogen-bond donors (Lipinski definition) is 3. The molecule has 0 aliphatic rings. The number of aliphatic hydroxyl groups excluding tert-OH is 1. The van der Waals surface area contributed by atoms with Gasteiger partial charge in [0, 0.05) is 13.1 Å². The van der Waals surface area contributed by atoms with Gasteiger partial charge in [0.1, 0.15) is 0 Å². The van der Waals surface area contributed by atoms with E-state index in [9.17, 15) is 4.79 Å². The zero-order chi connectivity index (χ0) is 11.1. The summed E-state index contributed by atoms with van der Waals surface area (Å²) in [5.41, 5.74) is 1.88. The van der Waals surface area contributed by atoms with Gasteiger partial charge in [0.2, 0.25) is 0 Å². The van der Waals surface area contributed by atoms with Crippen molar-refractivity contribution in [3.8, 4) is 0 Å². The van der Waals surface area contributed by atoms with Crippen molar-refractivity contribution >= 4 is 6.03 Å². The van der Waals surface area contributed by atoms with Crippen molar-refractivity contribution < 1.29 is 9.90 Å². The summed E-state index contributed by atoms with van der Waals surface area (Å²) >= 11 is 0. The Morgan fingerprint density at radius 3 is 2.33 bits per heavy atom. The Kier molecular flexibility index (Phi) is 4.63. The van der Waals surface area contributed by atoms with Crippen LogP contribution in [0.4, 0.5) is 4.79 Å². The van der Waals surface area contributed by atoms with Gasteiger partial charge in [-0.15, -0.1) is 0 Å². The van der Waals surface area contributed by atoms with Crippen LogP contribution in [0.15, 0.2) is 24.3 Å². The summed E-state index contributed by atoms with van der Waals surface area (Å²) in [6, 6.07) is 7.29. The fraction of sp³-hybridized carbons (Fsp3) is 0.364. The molecule has 0 aliphatic heterocycles. The first-order chi connectivity index (χ1) is 7.26. The van der Waals surface area contributed by atoms with Gasteiger partial charge in [0.15, 0.2) is 0 Å². The highest BCUT2D eigenvalue weighted by Gasteiger charge is 1.98. The normalized spacial score (nSPS) is 9.73. The highest BCUT2D eigenvalue weighted by atomic mass is 16.3. The molecule has 0 saturated heterocycles. The highest BCUT2D eigenvalue weighted by Crippen LogP contribution is 2.03. The number of benzene rings is 1. The highest BCUT2D eigenvalue weighted by molar-refractivity contribution is 5.73. The summed E-state index contributed by atoms with van der Waals surface area (Å²) in [5.74, 6) is 0. The van der Waals surface area contributed by atoms with Crippen molar-refractivity contribution in [3.63, 3.8) is 0 Å². The quantitative estimate of drug-likeness (QED) is 0.691. The van der Waals surface area contributed by atoms with Crippen LogP contribution in [0.2, 0.25) is 0 Å². The third kappa shape index (κ3) is 3.99. The molecule has 1 aromatic carbocycles. The molecule has 82 valence electrons. The van der Waals surface area contributed by atoms with Crippen LogP contribution in [0.3, 0.4) is 0 Å². The van der Waals surface area contributed by atoms with Gasteiger partial charge in [-0.2, -0.15) is 0 Å². The molecule has 4 heteroatoms. The fourth-order valence-electron chi connectivity index (χ4n) is 1.17. The Labute approximate surface area is 89.3 Å². The SMILES string of the molecule is CCNC(=O)NCc1ccc(CO)cc1. The van der Waals surface area contributed by atoms with E-state index < -0.39 is 0 Å². The maximum absolute atomic E-state index is 11.1. The molecule has 0 fully saturated rings. The Bertz CT molecular complexity index is 309. The lowest BCUT2D eigenvalue weighted by Gasteiger charge is -2.06. The molecule has 0 spiro atoms. The largest absolute Gasteiger partial charge is 0.392 e. The van der Waals surface area contributed by atoms with Crippen LogP contribution in [0.1, 0.15) is 18.1 Å². The minimum atomic E-state index is -0.163. The minimum Gasteiger partial charge on any atom is -0.392 e. The van der Waals surface area contributed by atoms with E-state index in [-0.39, 0.29) is 12.6 Å². The maximum atomic E-state index is 11.1. The van der Waals surface area contributed by atoms with Crippen molar-refractivity contribution in [2.75, 3.05) is 6.54 Å². The smallest absolute Gasteiger partial charge is 0.315 e. The van der Waals surface area contributed by atoms with E-state index in [1.54, 1.807) is 0 Å². The van der Waals surface area contributed by atoms with Gasteiger partial charge in [-0.3, -0.25) is 0 Å². The molecule has 2 amide bonds. The third-order valence-electron chi connectivity index (χ3n) is 2.00. The first-order valence-electron chi connectivity index (χ1n) is 4.96. The summed E-state index contributed by atoms with van der Waals surface area (Å²) in [7, 11) is 0. The second-order valence-electron chi connectivity index (χ2n) is 3.19. The Morgan fingerprint density at radius 1 is 1.20 bits per heavy atom. The zero-order valence-corrected chi connectivity index (χ0v) is 8.79. The second-order valence-corrected chi connectivity index (χ2v) is 3.19. The van der Waals surface area contributed by atoms with Crippen LogP contribution in [0.5, 0.6) is 0 Å². The lowest BCUT2D eigenvalue weighted by atomic mass is 10.1. The molecule has 1 rings (SSSR count). The van der Waals surface area contributed by atoms with Crippen LogP contribution < -0.4 is 10.6 Å². The van der Waals surface area contributed by atoms with Crippen LogP contribution in [0.25, 0.3) is 0 Å². The number of amides is 2. The standard InChI is InChI=1S/C11H16N2O2/c1-2-12-11(15)13-7-9-3-5-10(8-14)6-4-9/h3-6,14H,2,7-8H2,1H3,(H2,12,13,15). The Balaban J connectivity index is 2.40. The molecule has 4 nitrogen and oxygen atoms in total. The Morgan fingerprint density at radius 2 is 1.80 bits per heavy atom. The van der Waals surface area contributed by atoms with Gasteiger partial charge < -0.3 is 15.7 Å². The van der Waals surface area contributed by atoms with E-state index >= 15 is 0 Å². The van der Waals surface area contributed by atoms with E-state index in [1.807, 2.05) is 31.2 Å². The molecule has 1 aromatic rings. The molecular formula is C11H16N2O2.